The maximum Gasteiger partial charge on any atom is 0.316 e. The molecule has 27 heavy (non-hydrogen) atoms. The fourth-order valence-corrected chi connectivity index (χ4v) is 3.96. The predicted molar refractivity (Wildman–Crippen MR) is 95.3 cm³/mol. The van der Waals surface area contributed by atoms with Gasteiger partial charge in [-0.25, -0.2) is 9.97 Å². The molecule has 1 aromatic heterocycles. The molecule has 3 heterocycles. The molecule has 9 nitrogen and oxygen atoms in total. The summed E-state index contributed by atoms with van der Waals surface area (Å²) >= 11 is 0. The lowest BCUT2D eigenvalue weighted by atomic mass is 9.74. The first kappa shape index (κ1) is 19.5. The lowest BCUT2D eigenvalue weighted by Crippen LogP contribution is -2.65. The summed E-state index contributed by atoms with van der Waals surface area (Å²) < 4.78 is 10.9. The highest BCUT2D eigenvalue weighted by molar-refractivity contribution is 5.93. The fraction of sp³-hybridized carbons (Fsp3) is 0.667. The smallest absolute Gasteiger partial charge is 0.316 e. The van der Waals surface area contributed by atoms with Gasteiger partial charge in [-0.15, -0.1) is 0 Å². The average molecular weight is 378 g/mol. The number of likely N-dealkylation sites (tertiary alicyclic amines) is 1. The fourth-order valence-electron chi connectivity index (χ4n) is 3.96. The van der Waals surface area contributed by atoms with Gasteiger partial charge in [-0.2, -0.15) is 0 Å². The van der Waals surface area contributed by atoms with Crippen LogP contribution in [0.15, 0.2) is 12.4 Å². The number of aliphatic hydroxyl groups excluding tert-OH is 1. The standard InChI is InChI=1S/C18H26N4O5/c1-12(23)21-17(2)11-18(27-10-14(17)24)4-6-22(7-5-18)15(25)13-8-19-16(26-3)20-9-13/h8-9,14,24H,4-7,10-11H2,1-3H3,(H,21,23)/t14-,17-/m1/s1. The number of piperidine rings is 1. The number of carbonyl (C=O) groups is 2. The van der Waals surface area contributed by atoms with Gasteiger partial charge in [0.2, 0.25) is 5.91 Å². The van der Waals surface area contributed by atoms with Crippen LogP contribution in [0.3, 0.4) is 0 Å². The van der Waals surface area contributed by atoms with E-state index in [-0.39, 0.29) is 24.4 Å². The Morgan fingerprint density at radius 2 is 1.96 bits per heavy atom. The zero-order chi connectivity index (χ0) is 19.7. The Balaban J connectivity index is 1.65. The van der Waals surface area contributed by atoms with Crippen molar-refractivity contribution >= 4 is 11.8 Å². The molecule has 148 valence electrons. The summed E-state index contributed by atoms with van der Waals surface area (Å²) in [5.74, 6) is -0.311. The van der Waals surface area contributed by atoms with Crippen LogP contribution in [-0.4, -0.2) is 75.8 Å². The van der Waals surface area contributed by atoms with E-state index < -0.39 is 17.2 Å². The highest BCUT2D eigenvalue weighted by Crippen LogP contribution is 2.39. The summed E-state index contributed by atoms with van der Waals surface area (Å²) in [5, 5.41) is 13.2. The van der Waals surface area contributed by atoms with Gasteiger partial charge >= 0.3 is 6.01 Å². The molecule has 2 N–H and O–H groups in total. The van der Waals surface area contributed by atoms with Crippen molar-refractivity contribution in [1.29, 1.82) is 0 Å². The van der Waals surface area contributed by atoms with E-state index in [1.54, 1.807) is 4.90 Å². The van der Waals surface area contributed by atoms with Crippen LogP contribution in [0.2, 0.25) is 0 Å². The van der Waals surface area contributed by atoms with Crippen LogP contribution in [0.4, 0.5) is 0 Å². The van der Waals surface area contributed by atoms with Gasteiger partial charge < -0.3 is 24.8 Å². The second kappa shape index (κ2) is 7.40. The first-order chi connectivity index (χ1) is 12.8. The van der Waals surface area contributed by atoms with Gasteiger partial charge in [0.1, 0.15) is 6.10 Å². The molecule has 2 amide bonds. The van der Waals surface area contributed by atoms with Crippen molar-refractivity contribution in [2.24, 2.45) is 0 Å². The van der Waals surface area contributed by atoms with Gasteiger partial charge in [0.25, 0.3) is 5.91 Å². The number of hydrogen-bond acceptors (Lipinski definition) is 7. The van der Waals surface area contributed by atoms with E-state index in [1.165, 1.54) is 26.4 Å². The van der Waals surface area contributed by atoms with E-state index in [9.17, 15) is 14.7 Å². The lowest BCUT2D eigenvalue weighted by molar-refractivity contribution is -0.179. The van der Waals surface area contributed by atoms with Crippen molar-refractivity contribution < 1.29 is 24.2 Å². The molecule has 2 aliphatic heterocycles. The molecule has 0 aliphatic carbocycles. The Kier molecular flexibility index (Phi) is 5.34. The molecule has 2 aliphatic rings. The van der Waals surface area contributed by atoms with E-state index in [0.29, 0.717) is 37.9 Å². The number of ether oxygens (including phenoxy) is 2. The molecule has 9 heteroatoms. The van der Waals surface area contributed by atoms with E-state index in [4.69, 9.17) is 9.47 Å². The lowest BCUT2D eigenvalue weighted by Gasteiger charge is -2.51. The van der Waals surface area contributed by atoms with E-state index in [1.807, 2.05) is 6.92 Å². The molecular weight excluding hydrogens is 352 g/mol. The van der Waals surface area contributed by atoms with Crippen LogP contribution >= 0.6 is 0 Å². The Hall–Kier alpha value is -2.26. The van der Waals surface area contributed by atoms with Crippen LogP contribution in [0.25, 0.3) is 0 Å². The molecule has 0 radical (unpaired) electrons. The highest BCUT2D eigenvalue weighted by Gasteiger charge is 2.50. The van der Waals surface area contributed by atoms with Crippen LogP contribution in [-0.2, 0) is 9.53 Å². The Labute approximate surface area is 158 Å². The van der Waals surface area contributed by atoms with Gasteiger partial charge in [-0.05, 0) is 19.8 Å². The first-order valence-corrected chi connectivity index (χ1v) is 9.03. The largest absolute Gasteiger partial charge is 0.467 e. The number of nitrogens with zero attached hydrogens (tertiary/aromatic N) is 3. The number of carbonyl (C=O) groups excluding carboxylic acids is 2. The zero-order valence-corrected chi connectivity index (χ0v) is 15.9. The molecule has 1 spiro atoms. The molecular formula is C18H26N4O5. The Bertz CT molecular complexity index is 702. The molecule has 2 atom stereocenters. The van der Waals surface area contributed by atoms with Crippen LogP contribution < -0.4 is 10.1 Å². The number of hydrogen-bond donors (Lipinski definition) is 2. The minimum atomic E-state index is -0.761. The summed E-state index contributed by atoms with van der Waals surface area (Å²) in [6.07, 6.45) is 3.94. The molecule has 0 aromatic carbocycles. The molecule has 2 saturated heterocycles. The van der Waals surface area contributed by atoms with Gasteiger partial charge in [0.05, 0.1) is 30.4 Å². The number of methoxy groups -OCH3 is 1. The average Bonchev–Trinajstić information content (AvgIpc) is 2.65. The predicted octanol–water partition coefficient (Wildman–Crippen LogP) is 0.136. The Morgan fingerprint density at radius 1 is 1.33 bits per heavy atom. The number of rotatable bonds is 3. The maximum absolute atomic E-state index is 12.7. The Morgan fingerprint density at radius 3 is 2.52 bits per heavy atom. The van der Waals surface area contributed by atoms with Crippen LogP contribution in [0, 0.1) is 0 Å². The molecule has 3 rings (SSSR count). The topological polar surface area (TPSA) is 114 Å². The van der Waals surface area contributed by atoms with Crippen molar-refractivity contribution in [3.8, 4) is 6.01 Å². The summed E-state index contributed by atoms with van der Waals surface area (Å²) in [6.45, 7) is 4.50. The summed E-state index contributed by atoms with van der Waals surface area (Å²) in [6, 6.07) is 0.218. The molecule has 0 saturated carbocycles. The van der Waals surface area contributed by atoms with Crippen molar-refractivity contribution in [1.82, 2.24) is 20.2 Å². The van der Waals surface area contributed by atoms with E-state index >= 15 is 0 Å². The van der Waals surface area contributed by atoms with Crippen molar-refractivity contribution in [3.05, 3.63) is 18.0 Å². The van der Waals surface area contributed by atoms with Crippen molar-refractivity contribution in [2.75, 3.05) is 26.8 Å². The molecule has 0 bridgehead atoms. The third-order valence-electron chi connectivity index (χ3n) is 5.45. The highest BCUT2D eigenvalue weighted by atomic mass is 16.5. The van der Waals surface area contributed by atoms with Crippen LogP contribution in [0.5, 0.6) is 6.01 Å². The maximum atomic E-state index is 12.7. The monoisotopic (exact) mass is 378 g/mol. The van der Waals surface area contributed by atoms with Gasteiger partial charge in [0.15, 0.2) is 0 Å². The second-order valence-electron chi connectivity index (χ2n) is 7.54. The van der Waals surface area contributed by atoms with E-state index in [0.717, 1.165) is 0 Å². The summed E-state index contributed by atoms with van der Waals surface area (Å²) in [7, 11) is 1.47. The van der Waals surface area contributed by atoms with Gasteiger partial charge in [-0.3, -0.25) is 9.59 Å². The number of aliphatic hydroxyl groups is 1. The third-order valence-corrected chi connectivity index (χ3v) is 5.45. The van der Waals surface area contributed by atoms with Gasteiger partial charge in [0, 0.05) is 38.8 Å². The summed E-state index contributed by atoms with van der Waals surface area (Å²) in [5.41, 5.74) is -0.779. The number of aromatic nitrogens is 2. The van der Waals surface area contributed by atoms with Crippen molar-refractivity contribution in [3.63, 3.8) is 0 Å². The molecule has 1 aromatic rings. The molecule has 0 unspecified atom stereocenters. The third kappa shape index (κ3) is 4.03. The van der Waals surface area contributed by atoms with E-state index in [2.05, 4.69) is 15.3 Å². The second-order valence-corrected chi connectivity index (χ2v) is 7.54. The van der Waals surface area contributed by atoms with Crippen LogP contribution in [0.1, 0.15) is 43.5 Å². The zero-order valence-electron chi connectivity index (χ0n) is 15.9. The minimum Gasteiger partial charge on any atom is -0.467 e. The number of amides is 2. The normalized spacial score (nSPS) is 27.3. The van der Waals surface area contributed by atoms with Crippen molar-refractivity contribution in [2.45, 2.75) is 50.4 Å². The van der Waals surface area contributed by atoms with Gasteiger partial charge in [-0.1, -0.05) is 0 Å². The molecule has 2 fully saturated rings. The number of nitrogens with one attached hydrogen (secondary N) is 1. The SMILES string of the molecule is COc1ncc(C(=O)N2CCC3(CC2)C[C@@](C)(NC(C)=O)[C@H](O)CO3)cn1. The summed E-state index contributed by atoms with van der Waals surface area (Å²) in [4.78, 5) is 33.9. The quantitative estimate of drug-likeness (QED) is 0.769. The minimum absolute atomic E-state index is 0.132. The first-order valence-electron chi connectivity index (χ1n) is 9.03.